The number of likely N-dealkylation sites (tertiary alicyclic amines) is 2. The van der Waals surface area contributed by atoms with Crippen LogP contribution in [0.2, 0.25) is 0 Å². The van der Waals surface area contributed by atoms with Gasteiger partial charge in [0.25, 0.3) is 0 Å². The summed E-state index contributed by atoms with van der Waals surface area (Å²) in [4.78, 5) is 9.84. The zero-order chi connectivity index (χ0) is 13.1. The number of nitrogens with one attached hydrogen (secondary N) is 1. The van der Waals surface area contributed by atoms with Crippen LogP contribution < -0.4 is 5.32 Å². The van der Waals surface area contributed by atoms with Gasteiger partial charge in [0.2, 0.25) is 0 Å². The Balaban J connectivity index is 1.56. The third-order valence-electron chi connectivity index (χ3n) is 4.35. The van der Waals surface area contributed by atoms with Gasteiger partial charge in [0.1, 0.15) is 5.82 Å². The van der Waals surface area contributed by atoms with Crippen LogP contribution in [0.25, 0.3) is 0 Å². The molecule has 0 saturated carbocycles. The van der Waals surface area contributed by atoms with E-state index in [0.717, 1.165) is 18.4 Å². The van der Waals surface area contributed by atoms with Crippen molar-refractivity contribution < 1.29 is 0 Å². The number of hydrogen-bond acceptors (Lipinski definition) is 4. The molecule has 0 aromatic carbocycles. The van der Waals surface area contributed by atoms with Crippen molar-refractivity contribution in [1.82, 2.24) is 14.8 Å². The Morgan fingerprint density at radius 3 is 2.89 bits per heavy atom. The molecule has 0 spiro atoms. The minimum atomic E-state index is 0.787. The maximum atomic E-state index is 4.61. The predicted octanol–water partition coefficient (Wildman–Crippen LogP) is 1.79. The van der Waals surface area contributed by atoms with E-state index in [1.54, 1.807) is 0 Å². The zero-order valence-electron chi connectivity index (χ0n) is 11.8. The van der Waals surface area contributed by atoms with E-state index >= 15 is 0 Å². The van der Waals surface area contributed by atoms with Gasteiger partial charge in [-0.1, -0.05) is 6.07 Å². The van der Waals surface area contributed by atoms with Crippen LogP contribution in [0.3, 0.4) is 0 Å². The van der Waals surface area contributed by atoms with Gasteiger partial charge < -0.3 is 5.32 Å². The monoisotopic (exact) mass is 260 g/mol. The fourth-order valence-electron chi connectivity index (χ4n) is 3.30. The van der Waals surface area contributed by atoms with Crippen molar-refractivity contribution in [3.05, 3.63) is 23.9 Å². The molecule has 104 valence electrons. The van der Waals surface area contributed by atoms with Crippen molar-refractivity contribution in [2.24, 2.45) is 0 Å². The molecule has 4 heteroatoms. The van der Waals surface area contributed by atoms with Crippen LogP contribution in [0, 0.1) is 0 Å². The predicted molar refractivity (Wildman–Crippen MR) is 78.3 cm³/mol. The second-order valence-corrected chi connectivity index (χ2v) is 5.68. The SMILES string of the molecule is CNc1cccc(CN2CCC(N3CCCC3)C2)n1. The summed E-state index contributed by atoms with van der Waals surface area (Å²) in [6.45, 7) is 6.04. The minimum absolute atomic E-state index is 0.787. The Hall–Kier alpha value is -1.13. The quantitative estimate of drug-likeness (QED) is 0.894. The zero-order valence-corrected chi connectivity index (χ0v) is 11.8. The van der Waals surface area contributed by atoms with E-state index in [-0.39, 0.29) is 0 Å². The molecular weight excluding hydrogens is 236 g/mol. The van der Waals surface area contributed by atoms with Crippen molar-refractivity contribution in [2.75, 3.05) is 38.5 Å². The molecule has 1 N–H and O–H groups in total. The molecule has 2 aliphatic heterocycles. The van der Waals surface area contributed by atoms with E-state index in [0.29, 0.717) is 0 Å². The number of nitrogens with zero attached hydrogens (tertiary/aromatic N) is 3. The highest BCUT2D eigenvalue weighted by Gasteiger charge is 2.29. The summed E-state index contributed by atoms with van der Waals surface area (Å²) in [6.07, 6.45) is 4.11. The first-order chi connectivity index (χ1) is 9.35. The molecular formula is C15H24N4. The molecule has 2 aliphatic rings. The van der Waals surface area contributed by atoms with E-state index in [9.17, 15) is 0 Å². The van der Waals surface area contributed by atoms with E-state index in [1.165, 1.54) is 51.1 Å². The van der Waals surface area contributed by atoms with Crippen molar-refractivity contribution >= 4 is 5.82 Å². The highest BCUT2D eigenvalue weighted by molar-refractivity contribution is 5.34. The Kier molecular flexibility index (Phi) is 3.99. The largest absolute Gasteiger partial charge is 0.373 e. The van der Waals surface area contributed by atoms with Crippen LogP contribution in [0.1, 0.15) is 25.0 Å². The molecule has 3 rings (SSSR count). The van der Waals surface area contributed by atoms with Gasteiger partial charge in [-0.2, -0.15) is 0 Å². The molecule has 1 atom stereocenters. The number of aromatic nitrogens is 1. The first-order valence-electron chi connectivity index (χ1n) is 7.45. The van der Waals surface area contributed by atoms with Gasteiger partial charge >= 0.3 is 0 Å². The lowest BCUT2D eigenvalue weighted by Crippen LogP contribution is -2.35. The first-order valence-corrected chi connectivity index (χ1v) is 7.45. The number of rotatable bonds is 4. The van der Waals surface area contributed by atoms with E-state index in [4.69, 9.17) is 0 Å². The highest BCUT2D eigenvalue weighted by Crippen LogP contribution is 2.21. The van der Waals surface area contributed by atoms with Gasteiger partial charge in [-0.05, 0) is 44.5 Å². The summed E-state index contributed by atoms with van der Waals surface area (Å²) in [5, 5.41) is 3.11. The second-order valence-electron chi connectivity index (χ2n) is 5.68. The van der Waals surface area contributed by atoms with E-state index < -0.39 is 0 Å². The fraction of sp³-hybridized carbons (Fsp3) is 0.667. The summed E-state index contributed by atoms with van der Waals surface area (Å²) < 4.78 is 0. The second kappa shape index (κ2) is 5.88. The standard InChI is InChI=1S/C15H24N4/c1-16-15-6-4-5-13(17-15)11-18-10-7-14(12-18)19-8-2-3-9-19/h4-6,14H,2-3,7-12H2,1H3,(H,16,17). The Labute approximate surface area is 115 Å². The molecule has 0 amide bonds. The molecule has 2 saturated heterocycles. The van der Waals surface area contributed by atoms with E-state index in [1.807, 2.05) is 13.1 Å². The summed E-state index contributed by atoms with van der Waals surface area (Å²) in [5.41, 5.74) is 1.17. The van der Waals surface area contributed by atoms with Gasteiger partial charge in [0.15, 0.2) is 0 Å². The lowest BCUT2D eigenvalue weighted by molar-refractivity contribution is 0.229. The third-order valence-corrected chi connectivity index (χ3v) is 4.35. The lowest BCUT2D eigenvalue weighted by atomic mass is 10.2. The van der Waals surface area contributed by atoms with Gasteiger partial charge in [0, 0.05) is 32.7 Å². The van der Waals surface area contributed by atoms with Crippen LogP contribution in [-0.4, -0.2) is 54.1 Å². The average molecular weight is 260 g/mol. The first kappa shape index (κ1) is 12.9. The average Bonchev–Trinajstić information content (AvgIpc) is 3.09. The highest BCUT2D eigenvalue weighted by atomic mass is 15.3. The lowest BCUT2D eigenvalue weighted by Gasteiger charge is -2.23. The molecule has 1 aromatic heterocycles. The summed E-state index contributed by atoms with van der Waals surface area (Å²) >= 11 is 0. The van der Waals surface area contributed by atoms with Crippen LogP contribution in [0.4, 0.5) is 5.82 Å². The molecule has 0 aliphatic carbocycles. The number of hydrogen-bond donors (Lipinski definition) is 1. The van der Waals surface area contributed by atoms with Crippen LogP contribution >= 0.6 is 0 Å². The van der Waals surface area contributed by atoms with Gasteiger partial charge in [-0.3, -0.25) is 9.80 Å². The smallest absolute Gasteiger partial charge is 0.126 e. The summed E-state index contributed by atoms with van der Waals surface area (Å²) in [6, 6.07) is 7.02. The Morgan fingerprint density at radius 1 is 1.26 bits per heavy atom. The fourth-order valence-corrected chi connectivity index (χ4v) is 3.30. The summed E-state index contributed by atoms with van der Waals surface area (Å²) in [7, 11) is 1.92. The minimum Gasteiger partial charge on any atom is -0.373 e. The molecule has 0 bridgehead atoms. The Bertz CT molecular complexity index is 414. The molecule has 19 heavy (non-hydrogen) atoms. The molecule has 1 aromatic rings. The number of pyridine rings is 1. The molecule has 1 unspecified atom stereocenters. The van der Waals surface area contributed by atoms with E-state index in [2.05, 4.69) is 32.2 Å². The van der Waals surface area contributed by atoms with Gasteiger partial charge in [0.05, 0.1) is 5.69 Å². The van der Waals surface area contributed by atoms with Crippen molar-refractivity contribution in [3.8, 4) is 0 Å². The van der Waals surface area contributed by atoms with Crippen molar-refractivity contribution in [2.45, 2.75) is 31.8 Å². The molecule has 3 heterocycles. The van der Waals surface area contributed by atoms with Crippen LogP contribution in [0.15, 0.2) is 18.2 Å². The number of anilines is 1. The molecule has 4 nitrogen and oxygen atoms in total. The van der Waals surface area contributed by atoms with Crippen molar-refractivity contribution in [1.29, 1.82) is 0 Å². The molecule has 2 fully saturated rings. The molecule has 0 radical (unpaired) electrons. The van der Waals surface area contributed by atoms with Gasteiger partial charge in [-0.15, -0.1) is 0 Å². The van der Waals surface area contributed by atoms with Crippen molar-refractivity contribution in [3.63, 3.8) is 0 Å². The maximum Gasteiger partial charge on any atom is 0.126 e. The van der Waals surface area contributed by atoms with Gasteiger partial charge in [-0.25, -0.2) is 4.98 Å². The normalized spacial score (nSPS) is 25.0. The summed E-state index contributed by atoms with van der Waals surface area (Å²) in [5.74, 6) is 0.966. The Morgan fingerprint density at radius 2 is 2.11 bits per heavy atom. The maximum absolute atomic E-state index is 4.61. The third kappa shape index (κ3) is 3.07. The topological polar surface area (TPSA) is 31.4 Å². The van der Waals surface area contributed by atoms with Crippen LogP contribution in [0.5, 0.6) is 0 Å². The van der Waals surface area contributed by atoms with Crippen LogP contribution in [-0.2, 0) is 6.54 Å².